The van der Waals surface area contributed by atoms with Crippen molar-refractivity contribution < 1.29 is 13.9 Å². The average Bonchev–Trinajstić information content (AvgIpc) is 2.54. The first kappa shape index (κ1) is 17.5. The minimum Gasteiger partial charge on any atom is -0.493 e. The lowest BCUT2D eigenvalue weighted by Crippen LogP contribution is -2.18. The van der Waals surface area contributed by atoms with Crippen molar-refractivity contribution in [1.82, 2.24) is 10.3 Å². The number of methoxy groups -OCH3 is 1. The summed E-state index contributed by atoms with van der Waals surface area (Å²) in [5, 5.41) is 3.81. The molecule has 2 rings (SSSR count). The third kappa shape index (κ3) is 4.56. The number of benzene rings is 1. The number of nitrogens with one attached hydrogen (secondary N) is 1. The van der Waals surface area contributed by atoms with E-state index >= 15 is 0 Å². The molecule has 4 nitrogen and oxygen atoms in total. The second kappa shape index (κ2) is 8.13. The number of ether oxygens (including phenoxy) is 2. The summed E-state index contributed by atoms with van der Waals surface area (Å²) in [7, 11) is 1.58. The smallest absolute Gasteiger partial charge is 0.179 e. The molecule has 1 aromatic heterocycles. The van der Waals surface area contributed by atoms with Gasteiger partial charge in [-0.25, -0.2) is 4.39 Å². The number of rotatable bonds is 7. The van der Waals surface area contributed by atoms with Crippen LogP contribution in [0.2, 0.25) is 5.02 Å². The molecule has 0 aliphatic carbocycles. The van der Waals surface area contributed by atoms with Crippen molar-refractivity contribution in [2.45, 2.75) is 26.4 Å². The molecule has 0 saturated heterocycles. The molecular formula is C17H20ClFN2O2. The summed E-state index contributed by atoms with van der Waals surface area (Å²) in [5.41, 5.74) is 1.74. The van der Waals surface area contributed by atoms with Crippen molar-refractivity contribution in [2.75, 3.05) is 13.7 Å². The van der Waals surface area contributed by atoms with Gasteiger partial charge in [0.25, 0.3) is 0 Å². The fourth-order valence-electron chi connectivity index (χ4n) is 2.21. The van der Waals surface area contributed by atoms with Gasteiger partial charge >= 0.3 is 0 Å². The summed E-state index contributed by atoms with van der Waals surface area (Å²) < 4.78 is 24.0. The van der Waals surface area contributed by atoms with Gasteiger partial charge in [-0.3, -0.25) is 4.98 Å². The lowest BCUT2D eigenvalue weighted by molar-refractivity contribution is 0.311. The van der Waals surface area contributed by atoms with Crippen molar-refractivity contribution in [3.8, 4) is 11.5 Å². The van der Waals surface area contributed by atoms with Crippen LogP contribution in [0.3, 0.4) is 0 Å². The number of hydrogen-bond acceptors (Lipinski definition) is 4. The second-order valence-electron chi connectivity index (χ2n) is 5.08. The van der Waals surface area contributed by atoms with Crippen LogP contribution in [0, 0.1) is 5.82 Å². The Balaban J connectivity index is 2.10. The van der Waals surface area contributed by atoms with Crippen LogP contribution in [0.15, 0.2) is 30.6 Å². The molecule has 1 aromatic carbocycles. The van der Waals surface area contributed by atoms with E-state index in [1.807, 2.05) is 26.0 Å². The van der Waals surface area contributed by atoms with E-state index in [9.17, 15) is 4.39 Å². The highest BCUT2D eigenvalue weighted by molar-refractivity contribution is 6.32. The van der Waals surface area contributed by atoms with Gasteiger partial charge in [-0.15, -0.1) is 0 Å². The quantitative estimate of drug-likeness (QED) is 0.824. The molecule has 1 heterocycles. The van der Waals surface area contributed by atoms with Gasteiger partial charge in [0, 0.05) is 18.8 Å². The summed E-state index contributed by atoms with van der Waals surface area (Å²) >= 11 is 6.25. The van der Waals surface area contributed by atoms with E-state index in [1.54, 1.807) is 13.3 Å². The van der Waals surface area contributed by atoms with Crippen molar-refractivity contribution in [1.29, 1.82) is 0 Å². The molecule has 0 bridgehead atoms. The lowest BCUT2D eigenvalue weighted by atomic mass is 10.1. The van der Waals surface area contributed by atoms with E-state index < -0.39 is 0 Å². The molecule has 1 N–H and O–H groups in total. The summed E-state index contributed by atoms with van der Waals surface area (Å²) in [6.07, 6.45) is 2.83. The zero-order chi connectivity index (χ0) is 16.8. The normalized spacial score (nSPS) is 12.0. The number of aromatic nitrogens is 1. The molecule has 0 fully saturated rings. The lowest BCUT2D eigenvalue weighted by Gasteiger charge is -2.16. The topological polar surface area (TPSA) is 43.4 Å². The fraction of sp³-hybridized carbons (Fsp3) is 0.353. The highest BCUT2D eigenvalue weighted by Gasteiger charge is 2.13. The van der Waals surface area contributed by atoms with Crippen molar-refractivity contribution in [2.24, 2.45) is 0 Å². The molecule has 23 heavy (non-hydrogen) atoms. The summed E-state index contributed by atoms with van der Waals surface area (Å²) in [4.78, 5) is 3.86. The minimum absolute atomic E-state index is 0.0467. The van der Waals surface area contributed by atoms with Crippen LogP contribution in [0.4, 0.5) is 4.39 Å². The summed E-state index contributed by atoms with van der Waals surface area (Å²) in [5.74, 6) is 0.793. The maximum Gasteiger partial charge on any atom is 0.179 e. The van der Waals surface area contributed by atoms with E-state index in [1.165, 1.54) is 12.3 Å². The zero-order valence-corrected chi connectivity index (χ0v) is 14.2. The van der Waals surface area contributed by atoms with Gasteiger partial charge in [0.05, 0.1) is 24.9 Å². The Kier molecular flexibility index (Phi) is 6.19. The van der Waals surface area contributed by atoms with Crippen LogP contribution in [0.5, 0.6) is 11.5 Å². The van der Waals surface area contributed by atoms with Gasteiger partial charge in [-0.2, -0.15) is 0 Å². The highest BCUT2D eigenvalue weighted by Crippen LogP contribution is 2.36. The van der Waals surface area contributed by atoms with Crippen LogP contribution >= 0.6 is 11.6 Å². The van der Waals surface area contributed by atoms with Gasteiger partial charge < -0.3 is 14.8 Å². The van der Waals surface area contributed by atoms with E-state index in [4.69, 9.17) is 21.1 Å². The Morgan fingerprint density at radius 3 is 2.74 bits per heavy atom. The van der Waals surface area contributed by atoms with Gasteiger partial charge in [-0.1, -0.05) is 11.6 Å². The average molecular weight is 339 g/mol. The molecule has 0 aliphatic heterocycles. The molecule has 1 unspecified atom stereocenters. The third-order valence-electron chi connectivity index (χ3n) is 3.42. The number of hydrogen-bond donors (Lipinski definition) is 1. The van der Waals surface area contributed by atoms with Gasteiger partial charge in [0.15, 0.2) is 11.5 Å². The number of pyridine rings is 1. The van der Waals surface area contributed by atoms with E-state index in [2.05, 4.69) is 10.3 Å². The van der Waals surface area contributed by atoms with Crippen LogP contribution in [0.1, 0.15) is 31.0 Å². The molecule has 0 amide bonds. The Morgan fingerprint density at radius 2 is 2.09 bits per heavy atom. The molecule has 2 aromatic rings. The molecule has 0 aliphatic rings. The van der Waals surface area contributed by atoms with Gasteiger partial charge in [0.2, 0.25) is 0 Å². The largest absolute Gasteiger partial charge is 0.493 e. The van der Waals surface area contributed by atoms with E-state index in [-0.39, 0.29) is 11.9 Å². The molecule has 0 radical (unpaired) electrons. The maximum atomic E-state index is 13.2. The number of nitrogens with zero attached hydrogens (tertiary/aromatic N) is 1. The molecule has 0 spiro atoms. The first-order valence-corrected chi connectivity index (χ1v) is 7.76. The van der Waals surface area contributed by atoms with Crippen LogP contribution in [-0.2, 0) is 6.54 Å². The maximum absolute atomic E-state index is 13.2. The van der Waals surface area contributed by atoms with Crippen LogP contribution < -0.4 is 14.8 Å². The van der Waals surface area contributed by atoms with Crippen molar-refractivity contribution in [3.63, 3.8) is 0 Å². The predicted octanol–water partition coefficient (Wildman–Crippen LogP) is 4.13. The van der Waals surface area contributed by atoms with Gasteiger partial charge in [0.1, 0.15) is 5.82 Å². The Labute approximate surface area is 140 Å². The molecule has 124 valence electrons. The van der Waals surface area contributed by atoms with Crippen LogP contribution in [0.25, 0.3) is 0 Å². The van der Waals surface area contributed by atoms with E-state index in [0.717, 1.165) is 11.1 Å². The second-order valence-corrected chi connectivity index (χ2v) is 5.49. The molecule has 1 atom stereocenters. The fourth-order valence-corrected chi connectivity index (χ4v) is 2.50. The Hall–Kier alpha value is -1.85. The highest BCUT2D eigenvalue weighted by atomic mass is 35.5. The molecule has 6 heteroatoms. The predicted molar refractivity (Wildman–Crippen MR) is 88.6 cm³/mol. The summed E-state index contributed by atoms with van der Waals surface area (Å²) in [6.45, 7) is 4.90. The molecule has 0 saturated carbocycles. The molecular weight excluding hydrogens is 319 g/mol. The first-order chi connectivity index (χ1) is 11.0. The third-order valence-corrected chi connectivity index (χ3v) is 3.70. The number of halogens is 2. The van der Waals surface area contributed by atoms with Gasteiger partial charge in [-0.05, 0) is 43.2 Å². The summed E-state index contributed by atoms with van der Waals surface area (Å²) in [6, 6.07) is 5.13. The van der Waals surface area contributed by atoms with Crippen molar-refractivity contribution in [3.05, 3.63) is 52.6 Å². The SMILES string of the molecule is CCOc1c(Cl)cc(CNC(C)c2cncc(F)c2)cc1OC. The van der Waals surface area contributed by atoms with Crippen molar-refractivity contribution >= 4 is 11.6 Å². The minimum atomic E-state index is -0.345. The zero-order valence-electron chi connectivity index (χ0n) is 13.4. The Morgan fingerprint density at radius 1 is 1.30 bits per heavy atom. The Bertz CT molecular complexity index is 667. The first-order valence-electron chi connectivity index (χ1n) is 7.38. The van der Waals surface area contributed by atoms with E-state index in [0.29, 0.717) is 29.7 Å². The monoisotopic (exact) mass is 338 g/mol. The standard InChI is InChI=1S/C17H20ClFN2O2/c1-4-23-17-15(18)5-12(6-16(17)22-3)8-21-11(2)13-7-14(19)10-20-9-13/h5-7,9-11,21H,4,8H2,1-3H3. The van der Waals surface area contributed by atoms with Crippen LogP contribution in [-0.4, -0.2) is 18.7 Å².